The Morgan fingerprint density at radius 3 is 2.12 bits per heavy atom. The van der Waals surface area contributed by atoms with E-state index in [4.69, 9.17) is 0 Å². The van der Waals surface area contributed by atoms with Crippen LogP contribution in [-0.2, 0) is 6.42 Å². The van der Waals surface area contributed by atoms with E-state index in [1.54, 1.807) is 13.0 Å². The van der Waals surface area contributed by atoms with E-state index in [1.807, 2.05) is 0 Å². The number of benzene rings is 2. The molecule has 4 heteroatoms. The Hall–Kier alpha value is -1.58. The molecule has 0 amide bonds. The quantitative estimate of drug-likeness (QED) is 0.393. The minimum atomic E-state index is -1.77. The summed E-state index contributed by atoms with van der Waals surface area (Å²) in [4.78, 5) is 0. The molecule has 0 aromatic heterocycles. The molecule has 0 aliphatic rings. The zero-order valence-electron chi connectivity index (χ0n) is 8.45. The molecule has 16 heavy (non-hydrogen) atoms. The molecule has 0 fully saturated rings. The summed E-state index contributed by atoms with van der Waals surface area (Å²) in [5.74, 6) is -6.19. The summed E-state index contributed by atoms with van der Waals surface area (Å²) >= 11 is 0. The second kappa shape index (κ2) is 3.77. The smallest absolute Gasteiger partial charge is 0.198 e. The highest BCUT2D eigenvalue weighted by atomic mass is 19.2. The maximum Gasteiger partial charge on any atom is 0.198 e. The van der Waals surface area contributed by atoms with Gasteiger partial charge in [0.1, 0.15) is 0 Å². The maximum atomic E-state index is 13.5. The van der Waals surface area contributed by atoms with E-state index in [-0.39, 0.29) is 10.8 Å². The summed E-state index contributed by atoms with van der Waals surface area (Å²) in [5.41, 5.74) is 0.452. The van der Waals surface area contributed by atoms with Gasteiger partial charge in [-0.2, -0.15) is 0 Å². The molecule has 2 rings (SSSR count). The van der Waals surface area contributed by atoms with Crippen molar-refractivity contribution in [3.05, 3.63) is 47.0 Å². The van der Waals surface area contributed by atoms with Gasteiger partial charge >= 0.3 is 0 Å². The number of aryl methyl sites for hydroxylation is 1. The van der Waals surface area contributed by atoms with Gasteiger partial charge in [-0.05, 0) is 12.0 Å². The second-order valence-corrected chi connectivity index (χ2v) is 3.45. The first-order chi connectivity index (χ1) is 7.57. The van der Waals surface area contributed by atoms with Gasteiger partial charge in [0.05, 0.1) is 0 Å². The van der Waals surface area contributed by atoms with Crippen molar-refractivity contribution in [1.29, 1.82) is 0 Å². The van der Waals surface area contributed by atoms with Gasteiger partial charge < -0.3 is 0 Å². The van der Waals surface area contributed by atoms with Crippen LogP contribution < -0.4 is 0 Å². The molecule has 0 spiro atoms. The molecule has 0 radical (unpaired) electrons. The van der Waals surface area contributed by atoms with E-state index < -0.39 is 23.3 Å². The molecular weight excluding hydrogens is 220 g/mol. The molecule has 0 atom stereocenters. The fourth-order valence-electron chi connectivity index (χ4n) is 1.76. The lowest BCUT2D eigenvalue weighted by atomic mass is 10.0. The topological polar surface area (TPSA) is 0 Å². The maximum absolute atomic E-state index is 13.5. The molecule has 2 aromatic rings. The highest BCUT2D eigenvalue weighted by Gasteiger charge is 2.21. The van der Waals surface area contributed by atoms with Crippen LogP contribution in [0.1, 0.15) is 12.5 Å². The van der Waals surface area contributed by atoms with E-state index in [2.05, 4.69) is 0 Å². The summed E-state index contributed by atoms with van der Waals surface area (Å²) in [6.45, 7) is 1.73. The minimum absolute atomic E-state index is 0.179. The number of fused-ring (bicyclic) bond motifs is 1. The van der Waals surface area contributed by atoms with E-state index in [9.17, 15) is 17.6 Å². The van der Waals surface area contributed by atoms with Crippen LogP contribution in [0.2, 0.25) is 0 Å². The molecule has 0 aliphatic heterocycles. The SMILES string of the molecule is CCc1cccc2c(F)c(F)c(F)c(F)c12. The molecule has 0 N–H and O–H groups in total. The van der Waals surface area contributed by atoms with Gasteiger partial charge in [0.25, 0.3) is 0 Å². The zero-order valence-corrected chi connectivity index (χ0v) is 8.45. The molecule has 0 unspecified atom stereocenters. The average molecular weight is 228 g/mol. The monoisotopic (exact) mass is 228 g/mol. The number of hydrogen-bond donors (Lipinski definition) is 0. The van der Waals surface area contributed by atoms with Gasteiger partial charge in [0, 0.05) is 10.8 Å². The molecule has 0 bridgehead atoms. The van der Waals surface area contributed by atoms with E-state index >= 15 is 0 Å². The Kier molecular flexibility index (Phi) is 2.58. The average Bonchev–Trinajstić information content (AvgIpc) is 2.32. The van der Waals surface area contributed by atoms with E-state index in [0.29, 0.717) is 12.0 Å². The van der Waals surface area contributed by atoms with Crippen molar-refractivity contribution in [3.8, 4) is 0 Å². The highest BCUT2D eigenvalue weighted by molar-refractivity contribution is 5.87. The normalized spacial score (nSPS) is 11.1. The molecule has 0 aliphatic carbocycles. The van der Waals surface area contributed by atoms with Crippen molar-refractivity contribution in [2.24, 2.45) is 0 Å². The third-order valence-corrected chi connectivity index (χ3v) is 2.57. The predicted molar refractivity (Wildman–Crippen MR) is 53.2 cm³/mol. The molecule has 84 valence electrons. The molecule has 0 saturated carbocycles. The Morgan fingerprint density at radius 1 is 0.875 bits per heavy atom. The fraction of sp³-hybridized carbons (Fsp3) is 0.167. The lowest BCUT2D eigenvalue weighted by Gasteiger charge is -2.08. The van der Waals surface area contributed by atoms with Crippen molar-refractivity contribution in [2.45, 2.75) is 13.3 Å². The number of halogens is 4. The zero-order chi connectivity index (χ0) is 11.9. The minimum Gasteiger partial charge on any atom is -0.203 e. The molecule has 0 saturated heterocycles. The van der Waals surface area contributed by atoms with Crippen LogP contribution in [0.3, 0.4) is 0 Å². The van der Waals surface area contributed by atoms with Crippen molar-refractivity contribution < 1.29 is 17.6 Å². The first-order valence-corrected chi connectivity index (χ1v) is 4.81. The molecular formula is C12H8F4. The van der Waals surface area contributed by atoms with Crippen molar-refractivity contribution in [3.63, 3.8) is 0 Å². The third-order valence-electron chi connectivity index (χ3n) is 2.57. The Bertz CT molecular complexity index is 561. The largest absolute Gasteiger partial charge is 0.203 e. The van der Waals surface area contributed by atoms with Gasteiger partial charge in [-0.25, -0.2) is 17.6 Å². The predicted octanol–water partition coefficient (Wildman–Crippen LogP) is 3.96. The molecule has 0 heterocycles. The van der Waals surface area contributed by atoms with Crippen LogP contribution in [-0.4, -0.2) is 0 Å². The second-order valence-electron chi connectivity index (χ2n) is 3.45. The van der Waals surface area contributed by atoms with Crippen molar-refractivity contribution in [1.82, 2.24) is 0 Å². The van der Waals surface area contributed by atoms with Crippen LogP contribution in [0.4, 0.5) is 17.6 Å². The van der Waals surface area contributed by atoms with Crippen LogP contribution >= 0.6 is 0 Å². The van der Waals surface area contributed by atoms with Gasteiger partial charge in [0.15, 0.2) is 23.3 Å². The Balaban J connectivity index is 3.02. The van der Waals surface area contributed by atoms with E-state index in [0.717, 1.165) is 0 Å². The Morgan fingerprint density at radius 2 is 1.50 bits per heavy atom. The first kappa shape index (κ1) is 10.9. The number of hydrogen-bond acceptors (Lipinski definition) is 0. The first-order valence-electron chi connectivity index (χ1n) is 4.81. The summed E-state index contributed by atoms with van der Waals surface area (Å²) in [6.07, 6.45) is 0.415. The summed E-state index contributed by atoms with van der Waals surface area (Å²) in [7, 11) is 0. The van der Waals surface area contributed by atoms with Crippen LogP contribution in [0.25, 0.3) is 10.8 Å². The van der Waals surface area contributed by atoms with Gasteiger partial charge in [-0.15, -0.1) is 0 Å². The van der Waals surface area contributed by atoms with Crippen molar-refractivity contribution >= 4 is 10.8 Å². The van der Waals surface area contributed by atoms with Gasteiger partial charge in [0.2, 0.25) is 0 Å². The number of rotatable bonds is 1. The summed E-state index contributed by atoms with van der Waals surface area (Å²) < 4.78 is 52.9. The third kappa shape index (κ3) is 1.37. The van der Waals surface area contributed by atoms with Crippen LogP contribution in [0.15, 0.2) is 18.2 Å². The van der Waals surface area contributed by atoms with E-state index in [1.165, 1.54) is 12.1 Å². The molecule has 2 aromatic carbocycles. The van der Waals surface area contributed by atoms with Gasteiger partial charge in [-0.3, -0.25) is 0 Å². The fourth-order valence-corrected chi connectivity index (χ4v) is 1.76. The summed E-state index contributed by atoms with van der Waals surface area (Å²) in [5, 5.41) is -0.405. The van der Waals surface area contributed by atoms with Crippen LogP contribution in [0, 0.1) is 23.3 Å². The molecule has 0 nitrogen and oxygen atoms in total. The van der Waals surface area contributed by atoms with Crippen molar-refractivity contribution in [2.75, 3.05) is 0 Å². The Labute approximate surface area is 89.5 Å². The van der Waals surface area contributed by atoms with Gasteiger partial charge in [-0.1, -0.05) is 25.1 Å². The lowest BCUT2D eigenvalue weighted by Crippen LogP contribution is -2.00. The van der Waals surface area contributed by atoms with Crippen LogP contribution in [0.5, 0.6) is 0 Å². The lowest BCUT2D eigenvalue weighted by molar-refractivity contribution is 0.418. The summed E-state index contributed by atoms with van der Waals surface area (Å²) in [6, 6.07) is 4.28. The standard InChI is InChI=1S/C12H8F4/c1-2-6-4-3-5-7-8(6)10(14)12(16)11(15)9(7)13/h3-5H,2H2,1H3. The highest BCUT2D eigenvalue weighted by Crippen LogP contribution is 2.29.